The molecule has 0 amide bonds. The summed E-state index contributed by atoms with van der Waals surface area (Å²) in [5.74, 6) is -0.0485. The summed E-state index contributed by atoms with van der Waals surface area (Å²) in [5, 5.41) is 0. The normalized spacial score (nSPS) is 19.7. The van der Waals surface area contributed by atoms with E-state index in [0.29, 0.717) is 13.0 Å². The maximum absolute atomic E-state index is 11.2. The highest BCUT2D eigenvalue weighted by atomic mass is 16.5. The van der Waals surface area contributed by atoms with Gasteiger partial charge in [0.15, 0.2) is 0 Å². The van der Waals surface area contributed by atoms with Gasteiger partial charge in [0.1, 0.15) is 0 Å². The predicted molar refractivity (Wildman–Crippen MR) is 60.7 cm³/mol. The van der Waals surface area contributed by atoms with Gasteiger partial charge in [0.2, 0.25) is 0 Å². The van der Waals surface area contributed by atoms with E-state index in [0.717, 1.165) is 19.5 Å². The van der Waals surface area contributed by atoms with Gasteiger partial charge in [-0.25, -0.2) is 0 Å². The number of esters is 1. The molecule has 1 aliphatic heterocycles. The quantitative estimate of drug-likeness (QED) is 0.633. The lowest BCUT2D eigenvalue weighted by molar-refractivity contribution is -0.151. The minimum Gasteiger partial charge on any atom is -0.465 e. The number of rotatable bonds is 6. The molecule has 1 saturated heterocycles. The van der Waals surface area contributed by atoms with Gasteiger partial charge in [-0.2, -0.15) is 0 Å². The van der Waals surface area contributed by atoms with Crippen LogP contribution in [0.25, 0.3) is 0 Å². The van der Waals surface area contributed by atoms with Gasteiger partial charge in [-0.15, -0.1) is 0 Å². The summed E-state index contributed by atoms with van der Waals surface area (Å²) >= 11 is 0. The van der Waals surface area contributed by atoms with Gasteiger partial charge in [0, 0.05) is 24.9 Å². The van der Waals surface area contributed by atoms with Gasteiger partial charge >= 0.3 is 5.97 Å². The first kappa shape index (κ1) is 12.5. The molecular formula is C12H23NO2. The van der Waals surface area contributed by atoms with Crippen molar-refractivity contribution < 1.29 is 9.53 Å². The van der Waals surface area contributed by atoms with Crippen molar-refractivity contribution in [2.75, 3.05) is 26.2 Å². The third-order valence-electron chi connectivity index (χ3n) is 2.79. The second-order valence-corrected chi connectivity index (χ2v) is 4.93. The summed E-state index contributed by atoms with van der Waals surface area (Å²) in [6.45, 7) is 10.3. The van der Waals surface area contributed by atoms with Crippen molar-refractivity contribution in [1.82, 2.24) is 4.90 Å². The maximum atomic E-state index is 11.2. The van der Waals surface area contributed by atoms with Crippen LogP contribution in [-0.2, 0) is 9.53 Å². The molecule has 0 bridgehead atoms. The number of likely N-dealkylation sites (tertiary alicyclic amines) is 1. The molecule has 1 fully saturated rings. The third kappa shape index (κ3) is 3.82. The fourth-order valence-corrected chi connectivity index (χ4v) is 2.13. The zero-order chi connectivity index (χ0) is 11.3. The third-order valence-corrected chi connectivity index (χ3v) is 2.79. The van der Waals surface area contributed by atoms with Gasteiger partial charge in [-0.3, -0.25) is 4.79 Å². The van der Waals surface area contributed by atoms with Crippen molar-refractivity contribution >= 4 is 5.97 Å². The van der Waals surface area contributed by atoms with Crippen molar-refractivity contribution in [3.05, 3.63) is 0 Å². The van der Waals surface area contributed by atoms with Gasteiger partial charge in [0.25, 0.3) is 0 Å². The smallest absolute Gasteiger partial charge is 0.305 e. The van der Waals surface area contributed by atoms with Gasteiger partial charge in [-0.05, 0) is 19.4 Å². The topological polar surface area (TPSA) is 29.5 Å². The number of ether oxygens (including phenoxy) is 1. The summed E-state index contributed by atoms with van der Waals surface area (Å²) in [5.41, 5.74) is 0.207. The molecule has 0 radical (unpaired) electrons. The second-order valence-electron chi connectivity index (χ2n) is 4.93. The minimum absolute atomic E-state index is 0.0485. The van der Waals surface area contributed by atoms with Crippen LogP contribution in [0.3, 0.4) is 0 Å². The summed E-state index contributed by atoms with van der Waals surface area (Å²) in [4.78, 5) is 13.6. The molecule has 0 spiro atoms. The van der Waals surface area contributed by atoms with Gasteiger partial charge in [0.05, 0.1) is 6.61 Å². The van der Waals surface area contributed by atoms with Gasteiger partial charge < -0.3 is 9.64 Å². The number of hydrogen-bond acceptors (Lipinski definition) is 3. The molecule has 1 aliphatic rings. The van der Waals surface area contributed by atoms with E-state index in [1.807, 2.05) is 6.92 Å². The number of carbonyl (C=O) groups excluding carboxylic acids is 1. The Morgan fingerprint density at radius 2 is 2.00 bits per heavy atom. The molecule has 0 aromatic carbocycles. The Hall–Kier alpha value is -0.570. The van der Waals surface area contributed by atoms with E-state index in [2.05, 4.69) is 18.7 Å². The van der Waals surface area contributed by atoms with Crippen molar-refractivity contribution in [3.63, 3.8) is 0 Å². The zero-order valence-electron chi connectivity index (χ0n) is 10.2. The van der Waals surface area contributed by atoms with Crippen LogP contribution in [0.2, 0.25) is 0 Å². The Morgan fingerprint density at radius 3 is 2.53 bits per heavy atom. The van der Waals surface area contributed by atoms with Crippen molar-refractivity contribution in [3.8, 4) is 0 Å². The lowest BCUT2D eigenvalue weighted by Crippen LogP contribution is -2.57. The predicted octanol–water partition coefficient (Wildman–Crippen LogP) is 2.06. The average molecular weight is 213 g/mol. The maximum Gasteiger partial charge on any atom is 0.305 e. The first-order valence-corrected chi connectivity index (χ1v) is 5.97. The van der Waals surface area contributed by atoms with E-state index in [9.17, 15) is 4.79 Å². The SMILES string of the molecule is CCCC(=O)OCC1(C)CN(CCC)C1. The molecule has 0 unspecified atom stereocenters. The molecular weight excluding hydrogens is 190 g/mol. The standard InChI is InChI=1S/C12H23NO2/c1-4-6-11(14)15-10-12(3)8-13(9-12)7-5-2/h4-10H2,1-3H3. The summed E-state index contributed by atoms with van der Waals surface area (Å²) < 4.78 is 5.25. The molecule has 0 aromatic heterocycles. The molecule has 0 aromatic rings. The number of carbonyl (C=O) groups is 1. The molecule has 3 heteroatoms. The van der Waals surface area contributed by atoms with Crippen LogP contribution < -0.4 is 0 Å². The van der Waals surface area contributed by atoms with Crippen LogP contribution in [-0.4, -0.2) is 37.1 Å². The Morgan fingerprint density at radius 1 is 1.33 bits per heavy atom. The van der Waals surface area contributed by atoms with Crippen LogP contribution in [0.4, 0.5) is 0 Å². The Kier molecular flexibility index (Phi) is 4.58. The Labute approximate surface area is 92.8 Å². The van der Waals surface area contributed by atoms with E-state index in [-0.39, 0.29) is 11.4 Å². The molecule has 0 aliphatic carbocycles. The average Bonchev–Trinajstić information content (AvgIpc) is 2.13. The molecule has 1 heterocycles. The minimum atomic E-state index is -0.0485. The highest BCUT2D eigenvalue weighted by molar-refractivity contribution is 5.69. The first-order chi connectivity index (χ1) is 7.09. The largest absolute Gasteiger partial charge is 0.465 e. The molecule has 0 atom stereocenters. The van der Waals surface area contributed by atoms with Gasteiger partial charge in [-0.1, -0.05) is 20.8 Å². The van der Waals surface area contributed by atoms with Crippen LogP contribution in [0, 0.1) is 5.41 Å². The van der Waals surface area contributed by atoms with Crippen molar-refractivity contribution in [1.29, 1.82) is 0 Å². The molecule has 3 nitrogen and oxygen atoms in total. The fraction of sp³-hybridized carbons (Fsp3) is 0.917. The Balaban J connectivity index is 2.15. The van der Waals surface area contributed by atoms with Crippen molar-refractivity contribution in [2.24, 2.45) is 5.41 Å². The Bertz CT molecular complexity index is 210. The highest BCUT2D eigenvalue weighted by Crippen LogP contribution is 2.30. The van der Waals surface area contributed by atoms with Crippen LogP contribution in [0.15, 0.2) is 0 Å². The molecule has 15 heavy (non-hydrogen) atoms. The summed E-state index contributed by atoms with van der Waals surface area (Å²) in [7, 11) is 0. The first-order valence-electron chi connectivity index (χ1n) is 5.97. The molecule has 0 N–H and O–H groups in total. The lowest BCUT2D eigenvalue weighted by Gasteiger charge is -2.47. The molecule has 1 rings (SSSR count). The van der Waals surface area contributed by atoms with E-state index >= 15 is 0 Å². The zero-order valence-corrected chi connectivity index (χ0v) is 10.2. The number of hydrogen-bond donors (Lipinski definition) is 0. The summed E-state index contributed by atoms with van der Waals surface area (Å²) in [6, 6.07) is 0. The van der Waals surface area contributed by atoms with E-state index in [1.165, 1.54) is 13.0 Å². The highest BCUT2D eigenvalue weighted by Gasteiger charge is 2.39. The van der Waals surface area contributed by atoms with Crippen LogP contribution >= 0.6 is 0 Å². The van der Waals surface area contributed by atoms with Crippen LogP contribution in [0.5, 0.6) is 0 Å². The van der Waals surface area contributed by atoms with E-state index < -0.39 is 0 Å². The molecule has 88 valence electrons. The monoisotopic (exact) mass is 213 g/mol. The second kappa shape index (κ2) is 5.50. The van der Waals surface area contributed by atoms with E-state index in [1.54, 1.807) is 0 Å². The van der Waals surface area contributed by atoms with E-state index in [4.69, 9.17) is 4.74 Å². The molecule has 0 saturated carbocycles. The summed E-state index contributed by atoms with van der Waals surface area (Å²) in [6.07, 6.45) is 2.62. The van der Waals surface area contributed by atoms with Crippen LogP contribution in [0.1, 0.15) is 40.0 Å². The van der Waals surface area contributed by atoms with Crippen molar-refractivity contribution in [2.45, 2.75) is 40.0 Å². The fourth-order valence-electron chi connectivity index (χ4n) is 2.13. The lowest BCUT2D eigenvalue weighted by atomic mass is 9.83. The number of nitrogens with zero attached hydrogens (tertiary/aromatic N) is 1.